The number of amides is 2. The summed E-state index contributed by atoms with van der Waals surface area (Å²) in [6.07, 6.45) is 9.07. The average Bonchev–Trinajstić information content (AvgIpc) is 3.09. The number of aryl methyl sites for hydroxylation is 1. The first kappa shape index (κ1) is 36.4. The molecule has 0 radical (unpaired) electrons. The van der Waals surface area contributed by atoms with Crippen LogP contribution >= 0.6 is 11.6 Å². The van der Waals surface area contributed by atoms with E-state index in [2.05, 4.69) is 26.0 Å². The zero-order chi connectivity index (χ0) is 35.1. The van der Waals surface area contributed by atoms with Crippen molar-refractivity contribution in [1.29, 1.82) is 5.41 Å². The minimum Gasteiger partial charge on any atom is -0.491 e. The Morgan fingerprint density at radius 1 is 1.20 bits per heavy atom. The number of benzene rings is 2. The Bertz CT molecular complexity index is 1710. The number of thiol groups is 1. The molecule has 11 nitrogen and oxygen atoms in total. The highest BCUT2D eigenvalue weighted by atomic mass is 35.5. The van der Waals surface area contributed by atoms with Crippen LogP contribution in [0.1, 0.15) is 60.5 Å². The number of halogens is 1. The fraction of sp³-hybridized carbons (Fsp3) is 0.472. The lowest BCUT2D eigenvalue weighted by molar-refractivity contribution is -0.117. The molecule has 6 atom stereocenters. The summed E-state index contributed by atoms with van der Waals surface area (Å²) in [6.45, 7) is 3.48. The topological polar surface area (TPSA) is 153 Å². The van der Waals surface area contributed by atoms with Gasteiger partial charge in [0.15, 0.2) is 0 Å². The van der Waals surface area contributed by atoms with Crippen LogP contribution in [0.5, 0.6) is 5.75 Å². The molecule has 2 aliphatic heterocycles. The van der Waals surface area contributed by atoms with Gasteiger partial charge in [-0.1, -0.05) is 36.7 Å². The number of aliphatic hydroxyl groups excluding tert-OH is 1. The third kappa shape index (κ3) is 8.84. The van der Waals surface area contributed by atoms with Gasteiger partial charge in [0.1, 0.15) is 16.7 Å². The van der Waals surface area contributed by atoms with E-state index in [1.165, 1.54) is 18.9 Å². The van der Waals surface area contributed by atoms with E-state index in [1.807, 2.05) is 18.2 Å². The van der Waals surface area contributed by atoms with Gasteiger partial charge in [0, 0.05) is 36.9 Å². The Kier molecular flexibility index (Phi) is 12.4. The number of allylic oxidation sites excluding steroid dienone is 1. The summed E-state index contributed by atoms with van der Waals surface area (Å²) in [5.41, 5.74) is 3.17. The maximum atomic E-state index is 13.8. The normalized spacial score (nSPS) is 27.3. The first-order valence-corrected chi connectivity index (χ1v) is 18.4. The van der Waals surface area contributed by atoms with Crippen LogP contribution in [-0.2, 0) is 33.1 Å². The number of rotatable bonds is 4. The van der Waals surface area contributed by atoms with Crippen molar-refractivity contribution in [1.82, 2.24) is 10.6 Å². The van der Waals surface area contributed by atoms with Crippen LogP contribution in [0.2, 0.25) is 5.02 Å². The van der Waals surface area contributed by atoms with Crippen molar-refractivity contribution in [2.45, 2.75) is 63.5 Å². The number of methoxy groups -OCH3 is 1. The largest absolute Gasteiger partial charge is 0.491 e. The monoisotopic (exact) mass is 711 g/mol. The highest BCUT2D eigenvalue weighted by Crippen LogP contribution is 2.41. The molecule has 1 saturated carbocycles. The van der Waals surface area contributed by atoms with Crippen molar-refractivity contribution in [2.75, 3.05) is 32.2 Å². The maximum Gasteiger partial charge on any atom is 0.285 e. The third-order valence-corrected chi connectivity index (χ3v) is 11.3. The van der Waals surface area contributed by atoms with E-state index < -0.39 is 39.8 Å². The summed E-state index contributed by atoms with van der Waals surface area (Å²) < 4.78 is 29.2. The number of nitrogens with zero attached hydrogens (tertiary/aromatic N) is 2. The smallest absolute Gasteiger partial charge is 0.285 e. The summed E-state index contributed by atoms with van der Waals surface area (Å²) in [6, 6.07) is 11.1. The molecule has 264 valence electrons. The second-order valence-corrected chi connectivity index (χ2v) is 14.7. The lowest BCUT2D eigenvalue weighted by atomic mass is 9.70. The van der Waals surface area contributed by atoms with Gasteiger partial charge in [0.25, 0.3) is 11.8 Å². The second kappa shape index (κ2) is 16.7. The minimum absolute atomic E-state index is 0.0351. The number of fused-ring (bicyclic) bond motifs is 3. The third-order valence-electron chi connectivity index (χ3n) is 9.61. The minimum atomic E-state index is -2.66. The average molecular weight is 712 g/mol. The zero-order valence-electron chi connectivity index (χ0n) is 28.2. The van der Waals surface area contributed by atoms with E-state index in [0.717, 1.165) is 43.4 Å². The second-order valence-electron chi connectivity index (χ2n) is 12.9. The number of nitrogens with one attached hydrogen (secondary N) is 3. The first-order valence-electron chi connectivity index (χ1n) is 16.8. The lowest BCUT2D eigenvalue weighted by Crippen LogP contribution is -2.43. The molecule has 0 aromatic heterocycles. The molecule has 2 unspecified atom stereocenters. The summed E-state index contributed by atoms with van der Waals surface area (Å²) in [4.78, 5) is 29.2. The van der Waals surface area contributed by atoms with Gasteiger partial charge in [-0.2, -0.15) is 4.36 Å². The molecule has 2 heterocycles. The number of carbonyl (C=O) groups excluding carboxylic acids is 2. The molecule has 0 spiro atoms. The molecule has 49 heavy (non-hydrogen) atoms. The van der Waals surface area contributed by atoms with Crippen LogP contribution < -0.4 is 20.3 Å². The molecular weight excluding hydrogens is 666 g/mol. The predicted octanol–water partition coefficient (Wildman–Crippen LogP) is 5.02. The lowest BCUT2D eigenvalue weighted by Gasteiger charge is -2.42. The molecule has 13 heteroatoms. The molecular formula is C36H46ClN5O6S. The predicted molar refractivity (Wildman–Crippen MR) is 193 cm³/mol. The van der Waals surface area contributed by atoms with Crippen molar-refractivity contribution < 1.29 is 28.4 Å². The van der Waals surface area contributed by atoms with Crippen LogP contribution in [0.4, 0.5) is 5.69 Å². The zero-order valence-corrected chi connectivity index (χ0v) is 29.8. The van der Waals surface area contributed by atoms with E-state index in [9.17, 15) is 18.9 Å². The quantitative estimate of drug-likeness (QED) is 0.0975. The molecule has 1 aliphatic carbocycles. The Morgan fingerprint density at radius 3 is 2.76 bits per heavy atom. The van der Waals surface area contributed by atoms with E-state index >= 15 is 0 Å². The van der Waals surface area contributed by atoms with Crippen molar-refractivity contribution in [3.8, 4) is 5.75 Å². The van der Waals surface area contributed by atoms with Crippen LogP contribution in [0.25, 0.3) is 0 Å². The Labute approximate surface area is 294 Å². The number of aliphatic hydroxyl groups is 1. The highest BCUT2D eigenvalue weighted by Gasteiger charge is 2.37. The Morgan fingerprint density at radius 2 is 2.02 bits per heavy atom. The molecule has 1 fully saturated rings. The van der Waals surface area contributed by atoms with E-state index in [4.69, 9.17) is 26.5 Å². The van der Waals surface area contributed by atoms with Crippen molar-refractivity contribution in [3.63, 3.8) is 0 Å². The summed E-state index contributed by atoms with van der Waals surface area (Å²) in [5.74, 6) is -1.32. The SMILES string of the molecule is CN/C=C(\C(=N)OC)C(=O)NC1[C@@H](C)C/C=C/[C@H](O)[C@@H]2CC[C@H]2CN2Cc3ccc(Cl)cc3CCCCOc3ccc(cc32)C(=O)/N=[SH]/1=O. The van der Waals surface area contributed by atoms with Gasteiger partial charge in [0.2, 0.25) is 5.90 Å². The van der Waals surface area contributed by atoms with Gasteiger partial charge in [-0.05, 0) is 97.7 Å². The maximum absolute atomic E-state index is 13.8. The number of hydrogen-bond acceptors (Lipinski definition) is 9. The molecule has 2 bridgehead atoms. The number of carbonyl (C=O) groups is 2. The fourth-order valence-corrected chi connectivity index (χ4v) is 8.04. The molecule has 0 saturated heterocycles. The number of ether oxygens (including phenoxy) is 2. The van der Waals surface area contributed by atoms with Gasteiger partial charge >= 0.3 is 0 Å². The van der Waals surface area contributed by atoms with Crippen LogP contribution in [-0.4, -0.2) is 65.8 Å². The summed E-state index contributed by atoms with van der Waals surface area (Å²) in [7, 11) is 0.193. The molecule has 5 rings (SSSR count). The van der Waals surface area contributed by atoms with Gasteiger partial charge in [-0.3, -0.25) is 19.2 Å². The number of anilines is 1. The highest BCUT2D eigenvalue weighted by molar-refractivity contribution is 7.76. The molecule has 2 aromatic rings. The van der Waals surface area contributed by atoms with Gasteiger partial charge in [-0.25, -0.2) is 0 Å². The van der Waals surface area contributed by atoms with Crippen molar-refractivity contribution in [2.24, 2.45) is 22.1 Å². The molecule has 2 amide bonds. The summed E-state index contributed by atoms with van der Waals surface area (Å²) >= 11 is 6.42. The standard InChI is InChI=1S/C36H46ClN5O6S/c1-22-7-6-9-31(43)28-14-11-26(28)21-42-20-25-10-13-27(37)17-23(25)8-4-5-16-48-32-15-12-24(18-30(32)42)34(44)41-49(46)36(22)40-35(45)29(19-39-2)33(38)47-3/h6,9-10,12-13,15,17-19,22,26,28,31,36,38-39,43,49H,4-5,7-8,11,14,16,20-21H2,1-3H3,(H,40,45)/b9-6+,29-19+,38-33?/t22-,26-,28+,31-,36?/m0/s1. The van der Waals surface area contributed by atoms with Crippen LogP contribution in [0.3, 0.4) is 0 Å². The van der Waals surface area contributed by atoms with Gasteiger partial charge in [-0.15, -0.1) is 0 Å². The number of hydrogen-bond donors (Lipinski definition) is 5. The van der Waals surface area contributed by atoms with E-state index in [-0.39, 0.29) is 28.9 Å². The van der Waals surface area contributed by atoms with E-state index in [0.29, 0.717) is 36.9 Å². The molecule has 4 N–H and O–H groups in total. The summed E-state index contributed by atoms with van der Waals surface area (Å²) in [5, 5.41) is 24.4. The van der Waals surface area contributed by atoms with E-state index in [1.54, 1.807) is 38.2 Å². The van der Waals surface area contributed by atoms with Crippen molar-refractivity contribution in [3.05, 3.63) is 82.0 Å². The van der Waals surface area contributed by atoms with Gasteiger partial charge in [0.05, 0.1) is 36.1 Å². The van der Waals surface area contributed by atoms with Crippen LogP contribution in [0, 0.1) is 23.2 Å². The molecule has 2 aromatic carbocycles. The fourth-order valence-electron chi connectivity index (χ4n) is 6.64. The molecule has 3 aliphatic rings. The van der Waals surface area contributed by atoms with Crippen LogP contribution in [0.15, 0.2) is 64.7 Å². The first-order chi connectivity index (χ1) is 23.6. The Balaban J connectivity index is 1.58. The van der Waals surface area contributed by atoms with Crippen molar-refractivity contribution >= 4 is 45.6 Å². The van der Waals surface area contributed by atoms with Gasteiger partial charge < -0.3 is 30.1 Å². The Hall–Kier alpha value is -3.87.